The second kappa shape index (κ2) is 5.50. The zero-order valence-corrected chi connectivity index (χ0v) is 11.8. The zero-order chi connectivity index (χ0) is 13.1. The van der Waals surface area contributed by atoms with E-state index in [4.69, 9.17) is 4.74 Å². The van der Waals surface area contributed by atoms with Gasteiger partial charge in [0, 0.05) is 5.56 Å². The van der Waals surface area contributed by atoms with Crippen LogP contribution in [0.5, 0.6) is 5.75 Å². The third-order valence-electron chi connectivity index (χ3n) is 2.04. The standard InChI is InChI=1S/C10H12BrNO4S/c1-3-17(14,15)12-10(13)7-4-5-8(11)9(6-7)16-2/h4-6H,3H2,1-2H3,(H,12,13). The maximum Gasteiger partial charge on any atom is 0.264 e. The Labute approximate surface area is 108 Å². The summed E-state index contributed by atoms with van der Waals surface area (Å²) >= 11 is 3.24. The number of halogens is 1. The summed E-state index contributed by atoms with van der Waals surface area (Å²) in [7, 11) is -2.09. The van der Waals surface area contributed by atoms with Gasteiger partial charge in [0.1, 0.15) is 5.75 Å². The molecular weight excluding hydrogens is 310 g/mol. The maximum atomic E-state index is 11.6. The molecule has 0 bridgehead atoms. The first-order valence-electron chi connectivity index (χ1n) is 4.78. The highest BCUT2D eigenvalue weighted by molar-refractivity contribution is 9.10. The Kier molecular flexibility index (Phi) is 4.53. The van der Waals surface area contributed by atoms with Crippen molar-refractivity contribution in [2.24, 2.45) is 0 Å². The van der Waals surface area contributed by atoms with E-state index in [0.717, 1.165) is 0 Å². The molecule has 5 nitrogen and oxygen atoms in total. The molecule has 0 saturated carbocycles. The minimum Gasteiger partial charge on any atom is -0.496 e. The molecule has 0 atom stereocenters. The van der Waals surface area contributed by atoms with Crippen LogP contribution in [0.4, 0.5) is 0 Å². The zero-order valence-electron chi connectivity index (χ0n) is 9.36. The summed E-state index contributed by atoms with van der Waals surface area (Å²) < 4.78 is 30.1. The van der Waals surface area contributed by atoms with Gasteiger partial charge in [0.25, 0.3) is 5.91 Å². The lowest BCUT2D eigenvalue weighted by molar-refractivity contribution is 0.0981. The largest absolute Gasteiger partial charge is 0.496 e. The molecule has 17 heavy (non-hydrogen) atoms. The van der Waals surface area contributed by atoms with Crippen LogP contribution in [0, 0.1) is 0 Å². The molecule has 0 aliphatic heterocycles. The minimum absolute atomic E-state index is 0.146. The van der Waals surface area contributed by atoms with Crippen LogP contribution in [0.25, 0.3) is 0 Å². The third-order valence-corrected chi connectivity index (χ3v) is 3.95. The number of carbonyl (C=O) groups is 1. The van der Waals surface area contributed by atoms with Crippen LogP contribution < -0.4 is 9.46 Å². The highest BCUT2D eigenvalue weighted by Crippen LogP contribution is 2.25. The monoisotopic (exact) mass is 321 g/mol. The van der Waals surface area contributed by atoms with Gasteiger partial charge in [0.05, 0.1) is 17.3 Å². The van der Waals surface area contributed by atoms with E-state index in [1.165, 1.54) is 26.2 Å². The molecule has 0 heterocycles. The molecular formula is C10H12BrNO4S. The summed E-state index contributed by atoms with van der Waals surface area (Å²) in [4.78, 5) is 11.6. The summed E-state index contributed by atoms with van der Waals surface area (Å²) in [5.74, 6) is -0.351. The molecule has 0 unspecified atom stereocenters. The van der Waals surface area contributed by atoms with Gasteiger partial charge in [-0.3, -0.25) is 4.79 Å². The van der Waals surface area contributed by atoms with Gasteiger partial charge in [-0.15, -0.1) is 0 Å². The average molecular weight is 322 g/mol. The number of hydrogen-bond acceptors (Lipinski definition) is 4. The van der Waals surface area contributed by atoms with Crippen molar-refractivity contribution in [3.05, 3.63) is 28.2 Å². The van der Waals surface area contributed by atoms with Crippen LogP contribution >= 0.6 is 15.9 Å². The quantitative estimate of drug-likeness (QED) is 0.913. The molecule has 1 N–H and O–H groups in total. The fraction of sp³-hybridized carbons (Fsp3) is 0.300. The van der Waals surface area contributed by atoms with E-state index in [1.54, 1.807) is 6.07 Å². The summed E-state index contributed by atoms with van der Waals surface area (Å²) in [5, 5.41) is 0. The van der Waals surface area contributed by atoms with Crippen LogP contribution in [0.1, 0.15) is 17.3 Å². The third kappa shape index (κ3) is 3.71. The number of carbonyl (C=O) groups excluding carboxylic acids is 1. The first-order valence-corrected chi connectivity index (χ1v) is 7.22. The molecule has 1 aromatic carbocycles. The van der Waals surface area contributed by atoms with Crippen molar-refractivity contribution >= 4 is 31.9 Å². The molecule has 0 saturated heterocycles. The van der Waals surface area contributed by atoms with Gasteiger partial charge >= 0.3 is 0 Å². The van der Waals surface area contributed by atoms with Crippen LogP contribution in [0.2, 0.25) is 0 Å². The Hall–Kier alpha value is -1.08. The highest BCUT2D eigenvalue weighted by Gasteiger charge is 2.15. The van der Waals surface area contributed by atoms with Gasteiger partial charge < -0.3 is 4.74 Å². The molecule has 0 aliphatic carbocycles. The lowest BCUT2D eigenvalue weighted by Crippen LogP contribution is -2.31. The Balaban J connectivity index is 2.98. The van der Waals surface area contributed by atoms with E-state index in [-0.39, 0.29) is 11.3 Å². The predicted octanol–water partition coefficient (Wildman–Crippen LogP) is 1.54. The number of hydrogen-bond donors (Lipinski definition) is 1. The van der Waals surface area contributed by atoms with Crippen molar-refractivity contribution in [1.82, 2.24) is 4.72 Å². The number of amides is 1. The molecule has 1 amide bonds. The second-order valence-corrected chi connectivity index (χ2v) is 6.05. The highest BCUT2D eigenvalue weighted by atomic mass is 79.9. The first-order chi connectivity index (χ1) is 7.89. The maximum absolute atomic E-state index is 11.6. The molecule has 7 heteroatoms. The van der Waals surface area contributed by atoms with Gasteiger partial charge in [-0.1, -0.05) is 0 Å². The first kappa shape index (κ1) is 14.0. The van der Waals surface area contributed by atoms with Crippen molar-refractivity contribution in [2.45, 2.75) is 6.92 Å². The van der Waals surface area contributed by atoms with E-state index in [9.17, 15) is 13.2 Å². The van der Waals surface area contributed by atoms with Crippen molar-refractivity contribution in [1.29, 1.82) is 0 Å². The number of rotatable bonds is 4. The van der Waals surface area contributed by atoms with Gasteiger partial charge in [0.2, 0.25) is 10.0 Å². The lowest BCUT2D eigenvalue weighted by atomic mass is 10.2. The van der Waals surface area contributed by atoms with Crippen molar-refractivity contribution in [3.63, 3.8) is 0 Å². The van der Waals surface area contributed by atoms with Crippen LogP contribution in [-0.2, 0) is 10.0 Å². The fourth-order valence-electron chi connectivity index (χ4n) is 1.07. The van der Waals surface area contributed by atoms with Crippen molar-refractivity contribution < 1.29 is 17.9 Å². The molecule has 0 aromatic heterocycles. The molecule has 0 radical (unpaired) electrons. The van der Waals surface area contributed by atoms with Crippen LogP contribution in [0.15, 0.2) is 22.7 Å². The van der Waals surface area contributed by atoms with E-state index in [1.807, 2.05) is 4.72 Å². The second-order valence-electron chi connectivity index (χ2n) is 3.18. The SMILES string of the molecule is CCS(=O)(=O)NC(=O)c1ccc(Br)c(OC)c1. The predicted molar refractivity (Wildman–Crippen MR) is 67.6 cm³/mol. The van der Waals surface area contributed by atoms with E-state index >= 15 is 0 Å². The van der Waals surface area contributed by atoms with E-state index in [2.05, 4.69) is 15.9 Å². The summed E-state index contributed by atoms with van der Waals surface area (Å²) in [5.41, 5.74) is 0.224. The molecule has 0 aliphatic rings. The average Bonchev–Trinajstić information content (AvgIpc) is 2.29. The summed E-state index contributed by atoms with van der Waals surface area (Å²) in [6, 6.07) is 4.59. The summed E-state index contributed by atoms with van der Waals surface area (Å²) in [6.07, 6.45) is 0. The number of sulfonamides is 1. The van der Waals surface area contributed by atoms with Crippen molar-refractivity contribution in [2.75, 3.05) is 12.9 Å². The summed E-state index contributed by atoms with van der Waals surface area (Å²) in [6.45, 7) is 1.46. The molecule has 1 rings (SSSR count). The number of benzene rings is 1. The Morgan fingerprint density at radius 3 is 2.65 bits per heavy atom. The molecule has 94 valence electrons. The number of nitrogens with one attached hydrogen (secondary N) is 1. The topological polar surface area (TPSA) is 72.5 Å². The molecule has 0 fully saturated rings. The minimum atomic E-state index is -3.55. The Bertz CT molecular complexity index is 527. The van der Waals surface area contributed by atoms with Gasteiger partial charge in [-0.2, -0.15) is 0 Å². The normalized spacial score (nSPS) is 11.0. The van der Waals surface area contributed by atoms with Gasteiger partial charge in [-0.25, -0.2) is 13.1 Å². The smallest absolute Gasteiger partial charge is 0.264 e. The van der Waals surface area contributed by atoms with Crippen LogP contribution in [-0.4, -0.2) is 27.2 Å². The van der Waals surface area contributed by atoms with Crippen LogP contribution in [0.3, 0.4) is 0 Å². The fourth-order valence-corrected chi connectivity index (χ4v) is 2.03. The van der Waals surface area contributed by atoms with E-state index in [0.29, 0.717) is 10.2 Å². The Morgan fingerprint density at radius 2 is 2.12 bits per heavy atom. The lowest BCUT2D eigenvalue weighted by Gasteiger charge is -2.07. The number of methoxy groups -OCH3 is 1. The van der Waals surface area contributed by atoms with Gasteiger partial charge in [-0.05, 0) is 41.1 Å². The van der Waals surface area contributed by atoms with Crippen molar-refractivity contribution in [3.8, 4) is 5.75 Å². The van der Waals surface area contributed by atoms with Gasteiger partial charge in [0.15, 0.2) is 0 Å². The molecule has 0 spiro atoms. The van der Waals surface area contributed by atoms with E-state index < -0.39 is 15.9 Å². The Morgan fingerprint density at radius 1 is 1.47 bits per heavy atom. The number of ether oxygens (including phenoxy) is 1. The molecule has 1 aromatic rings.